The fourth-order valence-corrected chi connectivity index (χ4v) is 2.63. The fourth-order valence-electron chi connectivity index (χ4n) is 2.63. The highest BCUT2D eigenvalue weighted by atomic mass is 16.3. The molecule has 6 nitrogen and oxygen atoms in total. The minimum absolute atomic E-state index is 0.0580. The summed E-state index contributed by atoms with van der Waals surface area (Å²) in [6.07, 6.45) is 2.73. The van der Waals surface area contributed by atoms with E-state index in [2.05, 4.69) is 5.32 Å². The van der Waals surface area contributed by atoms with Gasteiger partial charge in [0, 0.05) is 37.1 Å². The number of hydrogen-bond acceptors (Lipinski definition) is 4. The highest BCUT2D eigenvalue weighted by Gasteiger charge is 2.38. The van der Waals surface area contributed by atoms with Crippen LogP contribution in [0.1, 0.15) is 47.5 Å². The van der Waals surface area contributed by atoms with Crippen LogP contribution in [0, 0.1) is 10.8 Å². The second-order valence-corrected chi connectivity index (χ2v) is 7.42. The lowest BCUT2D eigenvalue weighted by Gasteiger charge is -2.40. The number of aliphatic hydroxyl groups is 1. The molecule has 0 radical (unpaired) electrons. The van der Waals surface area contributed by atoms with Crippen molar-refractivity contribution in [2.75, 3.05) is 13.1 Å². The molecular weight excluding hydrogens is 296 g/mol. The zero-order valence-corrected chi connectivity index (χ0v) is 14.7. The molecule has 0 saturated carbocycles. The molecular formula is C17H28N2O4. The topological polar surface area (TPSA) is 86.7 Å². The third-order valence-corrected chi connectivity index (χ3v) is 4.60. The molecule has 1 aliphatic heterocycles. The van der Waals surface area contributed by atoms with E-state index in [0.717, 1.165) is 11.3 Å². The molecule has 1 atom stereocenters. The minimum Gasteiger partial charge on any atom is -0.392 e. The molecule has 0 bridgehead atoms. The standard InChI is InChI=1S/C17H28N2O4/c1-6-16(2,3)15(23)17(4,5)11-18-12(20)9-10-19-13(21)7-8-14(19)22/h7-8,15,23H,6,9-11H2,1-5H3,(H,18,20). The lowest BCUT2D eigenvalue weighted by molar-refractivity contribution is -0.137. The van der Waals surface area contributed by atoms with Crippen molar-refractivity contribution < 1.29 is 19.5 Å². The van der Waals surface area contributed by atoms with Crippen molar-refractivity contribution in [1.29, 1.82) is 0 Å². The SMILES string of the molecule is CCC(C)(C)C(O)C(C)(C)CNC(=O)CCN1C(=O)C=CC1=O. The van der Waals surface area contributed by atoms with Crippen LogP contribution in [-0.4, -0.2) is 46.9 Å². The molecule has 3 amide bonds. The second kappa shape index (κ2) is 7.25. The average Bonchev–Trinajstić information content (AvgIpc) is 2.81. The summed E-state index contributed by atoms with van der Waals surface area (Å²) in [5, 5.41) is 13.3. The first-order valence-electron chi connectivity index (χ1n) is 7.99. The van der Waals surface area contributed by atoms with Crippen molar-refractivity contribution in [3.8, 4) is 0 Å². The molecule has 0 aliphatic carbocycles. The average molecular weight is 324 g/mol. The third kappa shape index (κ3) is 4.89. The van der Waals surface area contributed by atoms with E-state index in [1.807, 2.05) is 34.6 Å². The predicted molar refractivity (Wildman–Crippen MR) is 87.3 cm³/mol. The molecule has 1 aliphatic rings. The summed E-state index contributed by atoms with van der Waals surface area (Å²) in [4.78, 5) is 35.8. The Bertz CT molecular complexity index is 491. The predicted octanol–water partition coefficient (Wildman–Crippen LogP) is 1.24. The van der Waals surface area contributed by atoms with E-state index >= 15 is 0 Å². The van der Waals surface area contributed by atoms with Gasteiger partial charge in [-0.15, -0.1) is 0 Å². The Morgan fingerprint density at radius 2 is 1.70 bits per heavy atom. The van der Waals surface area contributed by atoms with Crippen LogP contribution in [0.5, 0.6) is 0 Å². The van der Waals surface area contributed by atoms with Crippen LogP contribution in [0.2, 0.25) is 0 Å². The van der Waals surface area contributed by atoms with E-state index in [-0.39, 0.29) is 36.1 Å². The molecule has 1 unspecified atom stereocenters. The Balaban J connectivity index is 2.46. The summed E-state index contributed by atoms with van der Waals surface area (Å²) in [5.74, 6) is -1.02. The number of carbonyl (C=O) groups excluding carboxylic acids is 3. The largest absolute Gasteiger partial charge is 0.392 e. The molecule has 6 heteroatoms. The first kappa shape index (κ1) is 19.4. The van der Waals surface area contributed by atoms with Crippen LogP contribution < -0.4 is 5.32 Å². The fraction of sp³-hybridized carbons (Fsp3) is 0.706. The number of nitrogens with zero attached hydrogens (tertiary/aromatic N) is 1. The van der Waals surface area contributed by atoms with Gasteiger partial charge >= 0.3 is 0 Å². The zero-order chi connectivity index (χ0) is 17.8. The lowest BCUT2D eigenvalue weighted by atomic mass is 9.70. The Hall–Kier alpha value is -1.69. The van der Waals surface area contributed by atoms with E-state index in [4.69, 9.17) is 0 Å². The van der Waals surface area contributed by atoms with Crippen molar-refractivity contribution in [1.82, 2.24) is 10.2 Å². The zero-order valence-electron chi connectivity index (χ0n) is 14.7. The number of nitrogens with one attached hydrogen (secondary N) is 1. The first-order valence-corrected chi connectivity index (χ1v) is 7.99. The molecule has 0 spiro atoms. The van der Waals surface area contributed by atoms with E-state index < -0.39 is 11.5 Å². The monoisotopic (exact) mass is 324 g/mol. The summed E-state index contributed by atoms with van der Waals surface area (Å²) in [6.45, 7) is 10.2. The maximum absolute atomic E-state index is 11.9. The van der Waals surface area contributed by atoms with Crippen LogP contribution in [0.3, 0.4) is 0 Å². The molecule has 0 aromatic carbocycles. The van der Waals surface area contributed by atoms with Crippen molar-refractivity contribution in [2.45, 2.75) is 53.6 Å². The van der Waals surface area contributed by atoms with Crippen LogP contribution in [0.25, 0.3) is 0 Å². The molecule has 1 heterocycles. The summed E-state index contributed by atoms with van der Waals surface area (Å²) in [7, 11) is 0. The quantitative estimate of drug-likeness (QED) is 0.658. The van der Waals surface area contributed by atoms with Gasteiger partial charge in [-0.1, -0.05) is 34.6 Å². The van der Waals surface area contributed by atoms with Gasteiger partial charge in [0.15, 0.2) is 0 Å². The van der Waals surface area contributed by atoms with Crippen molar-refractivity contribution in [3.05, 3.63) is 12.2 Å². The smallest absolute Gasteiger partial charge is 0.253 e. The summed E-state index contributed by atoms with van der Waals surface area (Å²) in [6, 6.07) is 0. The van der Waals surface area contributed by atoms with Crippen LogP contribution >= 0.6 is 0 Å². The summed E-state index contributed by atoms with van der Waals surface area (Å²) < 4.78 is 0. The highest BCUT2D eigenvalue weighted by molar-refractivity contribution is 6.13. The number of carbonyl (C=O) groups is 3. The number of aliphatic hydroxyl groups excluding tert-OH is 1. The van der Waals surface area contributed by atoms with Gasteiger partial charge < -0.3 is 10.4 Å². The Labute approximate surface area is 137 Å². The Kier molecular flexibility index (Phi) is 6.11. The number of hydrogen-bond donors (Lipinski definition) is 2. The molecule has 130 valence electrons. The van der Waals surface area contributed by atoms with E-state index in [0.29, 0.717) is 6.54 Å². The van der Waals surface area contributed by atoms with Crippen LogP contribution in [-0.2, 0) is 14.4 Å². The molecule has 0 aromatic rings. The molecule has 0 aromatic heterocycles. The molecule has 2 N–H and O–H groups in total. The summed E-state index contributed by atoms with van der Waals surface area (Å²) >= 11 is 0. The van der Waals surface area contributed by atoms with Gasteiger partial charge in [-0.2, -0.15) is 0 Å². The van der Waals surface area contributed by atoms with Crippen LogP contribution in [0.4, 0.5) is 0 Å². The van der Waals surface area contributed by atoms with Gasteiger partial charge in [-0.3, -0.25) is 19.3 Å². The molecule has 0 fully saturated rings. The van der Waals surface area contributed by atoms with Gasteiger partial charge in [-0.25, -0.2) is 0 Å². The summed E-state index contributed by atoms with van der Waals surface area (Å²) in [5.41, 5.74) is -0.718. The van der Waals surface area contributed by atoms with Crippen LogP contribution in [0.15, 0.2) is 12.2 Å². The third-order valence-electron chi connectivity index (χ3n) is 4.60. The van der Waals surface area contributed by atoms with Crippen molar-refractivity contribution in [2.24, 2.45) is 10.8 Å². The lowest BCUT2D eigenvalue weighted by Crippen LogP contribution is -2.48. The van der Waals surface area contributed by atoms with Gasteiger partial charge in [0.25, 0.3) is 11.8 Å². The van der Waals surface area contributed by atoms with Gasteiger partial charge in [0.1, 0.15) is 0 Å². The molecule has 0 saturated heterocycles. The maximum atomic E-state index is 11.9. The van der Waals surface area contributed by atoms with Gasteiger partial charge in [-0.05, 0) is 11.8 Å². The Morgan fingerprint density at radius 3 is 2.17 bits per heavy atom. The minimum atomic E-state index is -0.564. The van der Waals surface area contributed by atoms with Crippen molar-refractivity contribution >= 4 is 17.7 Å². The maximum Gasteiger partial charge on any atom is 0.253 e. The van der Waals surface area contributed by atoms with E-state index in [1.54, 1.807) is 0 Å². The van der Waals surface area contributed by atoms with E-state index in [1.165, 1.54) is 12.2 Å². The molecule has 1 rings (SSSR count). The Morgan fingerprint density at radius 1 is 1.17 bits per heavy atom. The highest BCUT2D eigenvalue weighted by Crippen LogP contribution is 2.36. The van der Waals surface area contributed by atoms with Gasteiger partial charge in [0.2, 0.25) is 5.91 Å². The second-order valence-electron chi connectivity index (χ2n) is 7.42. The first-order chi connectivity index (χ1) is 10.5. The number of rotatable bonds is 8. The van der Waals surface area contributed by atoms with Crippen molar-refractivity contribution in [3.63, 3.8) is 0 Å². The molecule has 23 heavy (non-hydrogen) atoms. The number of imide groups is 1. The number of amides is 3. The van der Waals surface area contributed by atoms with E-state index in [9.17, 15) is 19.5 Å². The normalized spacial score (nSPS) is 16.9. The van der Waals surface area contributed by atoms with Gasteiger partial charge in [0.05, 0.1) is 6.10 Å².